The number of alkyl halides is 1. The Morgan fingerprint density at radius 1 is 1.44 bits per heavy atom. The van der Waals surface area contributed by atoms with Gasteiger partial charge in [0.1, 0.15) is 5.75 Å². The molecule has 3 nitrogen and oxygen atoms in total. The maximum absolute atomic E-state index is 12.4. The van der Waals surface area contributed by atoms with E-state index in [-0.39, 0.29) is 5.91 Å². The molecule has 0 aromatic heterocycles. The molecule has 18 heavy (non-hydrogen) atoms. The Kier molecular flexibility index (Phi) is 4.64. The van der Waals surface area contributed by atoms with E-state index in [1.807, 2.05) is 29.2 Å². The van der Waals surface area contributed by atoms with Gasteiger partial charge in [0.05, 0.1) is 7.11 Å². The Morgan fingerprint density at radius 3 is 2.78 bits per heavy atom. The third-order valence-corrected chi connectivity index (χ3v) is 3.88. The molecule has 2 rings (SSSR count). The van der Waals surface area contributed by atoms with E-state index >= 15 is 0 Å². The van der Waals surface area contributed by atoms with Crippen LogP contribution in [0, 0.1) is 0 Å². The first-order valence-corrected chi connectivity index (χ1v) is 7.39. The van der Waals surface area contributed by atoms with Crippen LogP contribution in [0.4, 0.5) is 0 Å². The molecule has 0 N–H and O–H groups in total. The molecule has 0 spiro atoms. The van der Waals surface area contributed by atoms with Crippen LogP contribution in [0.25, 0.3) is 0 Å². The zero-order valence-corrected chi connectivity index (χ0v) is 12.1. The lowest BCUT2D eigenvalue weighted by molar-refractivity contribution is 0.0734. The van der Waals surface area contributed by atoms with Gasteiger partial charge in [-0.25, -0.2) is 0 Å². The second kappa shape index (κ2) is 6.23. The van der Waals surface area contributed by atoms with Crippen LogP contribution in [-0.4, -0.2) is 35.8 Å². The quantitative estimate of drug-likeness (QED) is 0.800. The number of benzene rings is 1. The maximum atomic E-state index is 12.4. The molecule has 98 valence electrons. The number of hydrogen-bond donors (Lipinski definition) is 0. The molecule has 1 heterocycles. The fourth-order valence-corrected chi connectivity index (χ4v) is 2.96. The van der Waals surface area contributed by atoms with Gasteiger partial charge in [0.25, 0.3) is 5.91 Å². The molecule has 0 radical (unpaired) electrons. The van der Waals surface area contributed by atoms with Gasteiger partial charge in [-0.05, 0) is 43.5 Å². The lowest BCUT2D eigenvalue weighted by Crippen LogP contribution is -2.35. The minimum Gasteiger partial charge on any atom is -0.497 e. The number of halogens is 1. The first kappa shape index (κ1) is 13.4. The largest absolute Gasteiger partial charge is 0.497 e. The third-order valence-electron chi connectivity index (χ3n) is 3.42. The molecule has 1 amide bonds. The fourth-order valence-electron chi connectivity index (χ4n) is 2.43. The summed E-state index contributed by atoms with van der Waals surface area (Å²) in [7, 11) is 1.63. The number of methoxy groups -OCH3 is 1. The van der Waals surface area contributed by atoms with Crippen LogP contribution in [-0.2, 0) is 0 Å². The Bertz CT molecular complexity index is 405. The highest BCUT2D eigenvalue weighted by Gasteiger charge is 2.28. The van der Waals surface area contributed by atoms with Gasteiger partial charge < -0.3 is 9.64 Å². The fraction of sp³-hybridized carbons (Fsp3) is 0.500. The van der Waals surface area contributed by atoms with Gasteiger partial charge in [0, 0.05) is 23.5 Å². The number of carbonyl (C=O) groups excluding carboxylic acids is 1. The number of amides is 1. The predicted molar refractivity (Wildman–Crippen MR) is 75.5 cm³/mol. The smallest absolute Gasteiger partial charge is 0.254 e. The first-order chi connectivity index (χ1) is 8.76. The van der Waals surface area contributed by atoms with E-state index in [4.69, 9.17) is 4.74 Å². The molecular weight excluding hydrogens is 294 g/mol. The Morgan fingerprint density at radius 2 is 2.17 bits per heavy atom. The van der Waals surface area contributed by atoms with Crippen molar-refractivity contribution in [2.75, 3.05) is 19.0 Å². The van der Waals surface area contributed by atoms with Crippen LogP contribution in [0.3, 0.4) is 0 Å². The summed E-state index contributed by atoms with van der Waals surface area (Å²) in [6.07, 6.45) is 3.26. The minimum atomic E-state index is 0.140. The summed E-state index contributed by atoms with van der Waals surface area (Å²) in [5.41, 5.74) is 0.747. The second-order valence-electron chi connectivity index (χ2n) is 4.50. The summed E-state index contributed by atoms with van der Waals surface area (Å²) in [4.78, 5) is 14.4. The van der Waals surface area contributed by atoms with Crippen molar-refractivity contribution in [1.82, 2.24) is 4.90 Å². The Labute approximate surface area is 116 Å². The van der Waals surface area contributed by atoms with Crippen LogP contribution >= 0.6 is 15.9 Å². The van der Waals surface area contributed by atoms with Crippen molar-refractivity contribution in [3.8, 4) is 5.75 Å². The van der Waals surface area contributed by atoms with Crippen molar-refractivity contribution in [3.05, 3.63) is 29.8 Å². The minimum absolute atomic E-state index is 0.140. The van der Waals surface area contributed by atoms with Gasteiger partial charge in [-0.1, -0.05) is 15.9 Å². The predicted octanol–water partition coefficient (Wildman–Crippen LogP) is 3.08. The van der Waals surface area contributed by atoms with E-state index in [9.17, 15) is 4.79 Å². The second-order valence-corrected chi connectivity index (χ2v) is 5.29. The molecular formula is C14H18BrNO2. The van der Waals surface area contributed by atoms with Crippen molar-refractivity contribution in [3.63, 3.8) is 0 Å². The van der Waals surface area contributed by atoms with Gasteiger partial charge in [-0.15, -0.1) is 0 Å². The van der Waals surface area contributed by atoms with Gasteiger partial charge >= 0.3 is 0 Å². The van der Waals surface area contributed by atoms with Crippen molar-refractivity contribution >= 4 is 21.8 Å². The molecule has 0 aliphatic carbocycles. The molecule has 1 aliphatic heterocycles. The molecule has 0 saturated carbocycles. The average molecular weight is 312 g/mol. The summed E-state index contributed by atoms with van der Waals surface area (Å²) in [5, 5.41) is 0.948. The first-order valence-electron chi connectivity index (χ1n) is 6.27. The van der Waals surface area contributed by atoms with E-state index in [1.165, 1.54) is 0 Å². The van der Waals surface area contributed by atoms with Crippen LogP contribution in [0.5, 0.6) is 5.75 Å². The highest BCUT2D eigenvalue weighted by molar-refractivity contribution is 9.09. The van der Waals surface area contributed by atoms with Crippen molar-refractivity contribution in [1.29, 1.82) is 0 Å². The van der Waals surface area contributed by atoms with Crippen LogP contribution in [0.1, 0.15) is 29.6 Å². The Hall–Kier alpha value is -1.03. The van der Waals surface area contributed by atoms with E-state index in [0.29, 0.717) is 6.04 Å². The molecule has 1 saturated heterocycles. The van der Waals surface area contributed by atoms with Crippen LogP contribution in [0.15, 0.2) is 24.3 Å². The SMILES string of the molecule is COc1ccc(C(=O)N2CCCC2CCBr)cc1. The average Bonchev–Trinajstić information content (AvgIpc) is 2.87. The summed E-state index contributed by atoms with van der Waals surface area (Å²) in [5.74, 6) is 0.922. The number of carbonyl (C=O) groups is 1. The molecule has 0 bridgehead atoms. The number of ether oxygens (including phenoxy) is 1. The summed E-state index contributed by atoms with van der Waals surface area (Å²) in [6, 6.07) is 7.74. The van der Waals surface area contributed by atoms with E-state index in [1.54, 1.807) is 7.11 Å². The molecule has 1 atom stereocenters. The monoisotopic (exact) mass is 311 g/mol. The third kappa shape index (κ3) is 2.86. The van der Waals surface area contributed by atoms with E-state index in [0.717, 1.165) is 42.5 Å². The summed E-state index contributed by atoms with van der Waals surface area (Å²) < 4.78 is 5.10. The van der Waals surface area contributed by atoms with Crippen molar-refractivity contribution < 1.29 is 9.53 Å². The molecule has 1 aromatic rings. The lowest BCUT2D eigenvalue weighted by Gasteiger charge is -2.24. The van der Waals surface area contributed by atoms with Crippen LogP contribution in [0.2, 0.25) is 0 Å². The number of hydrogen-bond acceptors (Lipinski definition) is 2. The molecule has 1 fully saturated rings. The molecule has 1 unspecified atom stereocenters. The molecule has 1 aliphatic rings. The highest BCUT2D eigenvalue weighted by atomic mass is 79.9. The van der Waals surface area contributed by atoms with E-state index in [2.05, 4.69) is 15.9 Å². The van der Waals surface area contributed by atoms with E-state index < -0.39 is 0 Å². The topological polar surface area (TPSA) is 29.5 Å². The number of rotatable bonds is 4. The summed E-state index contributed by atoms with van der Waals surface area (Å²) >= 11 is 3.46. The zero-order valence-electron chi connectivity index (χ0n) is 10.6. The van der Waals surface area contributed by atoms with Gasteiger partial charge in [-0.2, -0.15) is 0 Å². The van der Waals surface area contributed by atoms with Crippen molar-refractivity contribution in [2.45, 2.75) is 25.3 Å². The maximum Gasteiger partial charge on any atom is 0.254 e. The summed E-state index contributed by atoms with van der Waals surface area (Å²) in [6.45, 7) is 0.878. The molecule has 4 heteroatoms. The van der Waals surface area contributed by atoms with Gasteiger partial charge in [-0.3, -0.25) is 4.79 Å². The van der Waals surface area contributed by atoms with Crippen LogP contribution < -0.4 is 4.74 Å². The normalized spacial score (nSPS) is 19.0. The number of nitrogens with zero attached hydrogens (tertiary/aromatic N) is 1. The Balaban J connectivity index is 2.09. The highest BCUT2D eigenvalue weighted by Crippen LogP contribution is 2.23. The van der Waals surface area contributed by atoms with Crippen molar-refractivity contribution in [2.24, 2.45) is 0 Å². The zero-order chi connectivity index (χ0) is 13.0. The van der Waals surface area contributed by atoms with Gasteiger partial charge in [0.15, 0.2) is 0 Å². The standard InChI is InChI=1S/C14H18BrNO2/c1-18-13-6-4-11(5-7-13)14(17)16-10-2-3-12(16)8-9-15/h4-7,12H,2-3,8-10H2,1H3. The molecule has 1 aromatic carbocycles. The lowest BCUT2D eigenvalue weighted by atomic mass is 10.1. The van der Waals surface area contributed by atoms with Gasteiger partial charge in [0.2, 0.25) is 0 Å². The number of likely N-dealkylation sites (tertiary alicyclic amines) is 1.